The van der Waals surface area contributed by atoms with E-state index in [1.54, 1.807) is 0 Å². The lowest BCUT2D eigenvalue weighted by Crippen LogP contribution is -2.36. The molecular weight excluding hydrogens is 223 g/mol. The van der Waals surface area contributed by atoms with Crippen LogP contribution in [0.3, 0.4) is 0 Å². The number of hydrogen-bond acceptors (Lipinski definition) is 4. The Morgan fingerprint density at radius 2 is 1.87 bits per heavy atom. The van der Waals surface area contributed by atoms with Crippen LogP contribution in [0.5, 0.6) is 0 Å². The minimum Gasteiger partial charge on any atom is -0.361 e. The molecule has 2 amide bonds. The average molecular weight is 239 g/mol. The number of carbonyl (C=O) groups excluding carboxylic acids is 2. The van der Waals surface area contributed by atoms with Gasteiger partial charge >= 0.3 is 20.1 Å². The van der Waals surface area contributed by atoms with E-state index in [0.717, 1.165) is 0 Å². The Balaban J connectivity index is 0. The predicted molar refractivity (Wildman–Crippen MR) is 53.7 cm³/mol. The van der Waals surface area contributed by atoms with E-state index >= 15 is 0 Å². The topological polar surface area (TPSA) is 119 Å². The fourth-order valence-electron chi connectivity index (χ4n) is 0.240. The van der Waals surface area contributed by atoms with E-state index in [1.165, 1.54) is 12.8 Å². The summed E-state index contributed by atoms with van der Waals surface area (Å²) in [5.74, 6) is -2.25. The first-order valence-corrected chi connectivity index (χ1v) is 5.45. The number of carbonyl (C=O) groups is 2. The van der Waals surface area contributed by atoms with Crippen molar-refractivity contribution < 1.29 is 23.6 Å². The van der Waals surface area contributed by atoms with Crippen molar-refractivity contribution in [3.63, 3.8) is 0 Å². The molecule has 88 valence electrons. The molecule has 0 aliphatic rings. The fourth-order valence-corrected chi connectivity index (χ4v) is 0.415. The molecule has 0 fully saturated rings. The van der Waals surface area contributed by atoms with Crippen LogP contribution in [0.25, 0.3) is 0 Å². The number of hydrogen-bond donors (Lipinski definition) is 3. The van der Waals surface area contributed by atoms with E-state index in [-0.39, 0.29) is 0 Å². The monoisotopic (exact) mass is 239 g/mol. The van der Waals surface area contributed by atoms with Gasteiger partial charge in [0, 0.05) is 4.57 Å². The highest BCUT2D eigenvalue weighted by Crippen LogP contribution is 2.11. The molecule has 0 heterocycles. The minimum atomic E-state index is -2.77. The van der Waals surface area contributed by atoms with Gasteiger partial charge in [0.2, 0.25) is 0 Å². The van der Waals surface area contributed by atoms with Crippen LogP contribution in [0, 0.1) is 0 Å². The van der Waals surface area contributed by atoms with Gasteiger partial charge in [-0.05, 0) is 0 Å². The maximum absolute atomic E-state index is 10.3. The summed E-state index contributed by atoms with van der Waals surface area (Å²) < 4.78 is 13.8. The third-order valence-corrected chi connectivity index (χ3v) is 1.48. The molecule has 0 aliphatic heterocycles. The molecule has 0 radical (unpaired) electrons. The SMILES string of the molecule is CCCC.NC(=O)C(=O)NCO[P+](=O)O. The molecule has 0 saturated carbocycles. The number of unbranched alkanes of at least 4 members (excludes halogenated alkanes) is 1. The smallest absolute Gasteiger partial charge is 0.361 e. The molecule has 0 aliphatic carbocycles. The predicted octanol–water partition coefficient (Wildman–Crippen LogP) is 0.0181. The molecule has 0 aromatic heterocycles. The molecule has 1 atom stereocenters. The Morgan fingerprint density at radius 3 is 2.13 bits per heavy atom. The lowest BCUT2D eigenvalue weighted by molar-refractivity contribution is -0.137. The second-order valence-electron chi connectivity index (χ2n) is 2.38. The number of primary amides is 1. The van der Waals surface area contributed by atoms with Gasteiger partial charge in [-0.15, -0.1) is 4.89 Å². The first-order valence-electron chi connectivity index (χ1n) is 4.32. The van der Waals surface area contributed by atoms with Crippen molar-refractivity contribution >= 4 is 20.1 Å². The molecule has 15 heavy (non-hydrogen) atoms. The van der Waals surface area contributed by atoms with E-state index in [4.69, 9.17) is 4.89 Å². The lowest BCUT2D eigenvalue weighted by Gasteiger charge is -1.93. The quantitative estimate of drug-likeness (QED) is 0.363. The molecule has 4 N–H and O–H groups in total. The maximum Gasteiger partial charge on any atom is 0.696 e. The van der Waals surface area contributed by atoms with E-state index in [1.807, 2.05) is 5.32 Å². The van der Waals surface area contributed by atoms with Crippen LogP contribution in [-0.4, -0.2) is 23.4 Å². The normalized spacial score (nSPS) is 9.67. The molecule has 0 bridgehead atoms. The van der Waals surface area contributed by atoms with Crippen molar-refractivity contribution in [1.82, 2.24) is 5.32 Å². The molecule has 0 saturated heterocycles. The van der Waals surface area contributed by atoms with Gasteiger partial charge in [-0.1, -0.05) is 31.2 Å². The highest BCUT2D eigenvalue weighted by molar-refractivity contribution is 7.32. The van der Waals surface area contributed by atoms with Crippen molar-refractivity contribution in [3.8, 4) is 0 Å². The van der Waals surface area contributed by atoms with Crippen LogP contribution < -0.4 is 11.1 Å². The molecule has 0 spiro atoms. The van der Waals surface area contributed by atoms with Gasteiger partial charge < -0.3 is 11.1 Å². The highest BCUT2D eigenvalue weighted by Gasteiger charge is 2.14. The summed E-state index contributed by atoms with van der Waals surface area (Å²) >= 11 is 0. The van der Waals surface area contributed by atoms with E-state index < -0.39 is 26.8 Å². The first kappa shape index (κ1) is 16.4. The fraction of sp³-hybridized carbons (Fsp3) is 0.714. The summed E-state index contributed by atoms with van der Waals surface area (Å²) in [5.41, 5.74) is 4.51. The number of nitrogens with one attached hydrogen (secondary N) is 1. The van der Waals surface area contributed by atoms with Crippen molar-refractivity contribution in [2.24, 2.45) is 5.73 Å². The van der Waals surface area contributed by atoms with Gasteiger partial charge in [0.1, 0.15) is 0 Å². The Hall–Kier alpha value is -1.04. The zero-order valence-electron chi connectivity index (χ0n) is 8.73. The zero-order chi connectivity index (χ0) is 12.3. The Bertz CT molecular complexity index is 219. The first-order chi connectivity index (χ1) is 6.95. The van der Waals surface area contributed by atoms with Gasteiger partial charge in [0.05, 0.1) is 0 Å². The zero-order valence-corrected chi connectivity index (χ0v) is 9.62. The third kappa shape index (κ3) is 15.7. The molecule has 0 aromatic rings. The van der Waals surface area contributed by atoms with Gasteiger partial charge in [-0.2, -0.15) is 0 Å². The molecule has 7 nitrogen and oxygen atoms in total. The van der Waals surface area contributed by atoms with Crippen LogP contribution >= 0.6 is 8.25 Å². The summed E-state index contributed by atoms with van der Waals surface area (Å²) in [6.45, 7) is 3.84. The summed E-state index contributed by atoms with van der Waals surface area (Å²) in [5, 5.41) is 1.83. The molecule has 8 heteroatoms. The molecule has 0 rings (SSSR count). The van der Waals surface area contributed by atoms with Crippen molar-refractivity contribution in [2.75, 3.05) is 6.73 Å². The lowest BCUT2D eigenvalue weighted by atomic mass is 10.4. The van der Waals surface area contributed by atoms with Crippen LogP contribution in [0.4, 0.5) is 0 Å². The van der Waals surface area contributed by atoms with E-state index in [9.17, 15) is 14.2 Å². The second kappa shape index (κ2) is 11.0. The van der Waals surface area contributed by atoms with Crippen molar-refractivity contribution in [3.05, 3.63) is 0 Å². The van der Waals surface area contributed by atoms with Gasteiger partial charge in [-0.3, -0.25) is 9.59 Å². The van der Waals surface area contributed by atoms with Crippen LogP contribution in [0.1, 0.15) is 26.7 Å². The van der Waals surface area contributed by atoms with Crippen LogP contribution in [-0.2, 0) is 18.7 Å². The third-order valence-electron chi connectivity index (χ3n) is 1.13. The summed E-state index contributed by atoms with van der Waals surface area (Å²) in [6.07, 6.45) is 2.64. The average Bonchev–Trinajstić information content (AvgIpc) is 2.17. The standard InChI is InChI=1S/C4H10.C3H5N2O5P/c1-3-4-2;4-2(6)3(7)5-1-10-11(8)9/h3-4H2,1-2H3;1H2,(H3-,4,5,6,7,8,9)/p+1. The highest BCUT2D eigenvalue weighted by atomic mass is 31.1. The van der Waals surface area contributed by atoms with Crippen molar-refractivity contribution in [2.45, 2.75) is 26.7 Å². The number of amides is 2. The molecule has 1 unspecified atom stereocenters. The maximum atomic E-state index is 10.3. The molecule has 0 aromatic carbocycles. The van der Waals surface area contributed by atoms with Crippen molar-refractivity contribution in [1.29, 1.82) is 0 Å². The van der Waals surface area contributed by atoms with Gasteiger partial charge in [0.25, 0.3) is 0 Å². The van der Waals surface area contributed by atoms with E-state index in [2.05, 4.69) is 24.1 Å². The van der Waals surface area contributed by atoms with Crippen LogP contribution in [0.2, 0.25) is 0 Å². The Kier molecular flexibility index (Phi) is 12.1. The summed E-state index contributed by atoms with van der Waals surface area (Å²) in [6, 6.07) is 0. The summed E-state index contributed by atoms with van der Waals surface area (Å²) in [4.78, 5) is 28.3. The largest absolute Gasteiger partial charge is 0.696 e. The van der Waals surface area contributed by atoms with Gasteiger partial charge in [0.15, 0.2) is 6.73 Å². The van der Waals surface area contributed by atoms with Gasteiger partial charge in [-0.25, -0.2) is 0 Å². The molecular formula is C7H16N2O5P+. The van der Waals surface area contributed by atoms with Crippen LogP contribution in [0.15, 0.2) is 0 Å². The minimum absolute atomic E-state index is 0.520. The second-order valence-corrected chi connectivity index (χ2v) is 3.12. The Morgan fingerprint density at radius 1 is 1.40 bits per heavy atom. The Labute approximate surface area is 88.9 Å². The number of rotatable bonds is 4. The van der Waals surface area contributed by atoms with E-state index in [0.29, 0.717) is 0 Å². The summed E-state index contributed by atoms with van der Waals surface area (Å²) in [7, 11) is -2.77. The number of nitrogens with two attached hydrogens (primary N) is 1.